The van der Waals surface area contributed by atoms with Gasteiger partial charge in [0.1, 0.15) is 29.1 Å². The van der Waals surface area contributed by atoms with E-state index in [1.165, 1.54) is 29.8 Å². The smallest absolute Gasteiger partial charge is 0.342 e. The molecule has 0 aromatic heterocycles. The molecule has 0 saturated carbocycles. The molecule has 0 saturated heterocycles. The summed E-state index contributed by atoms with van der Waals surface area (Å²) in [4.78, 5) is 13.0. The van der Waals surface area contributed by atoms with Crippen molar-refractivity contribution in [2.24, 2.45) is 5.73 Å². The molecule has 6 N–H and O–H groups in total. The topological polar surface area (TPSA) is 109 Å². The van der Waals surface area contributed by atoms with Gasteiger partial charge in [-0.1, -0.05) is 31.2 Å². The molecule has 202 valence electrons. The minimum absolute atomic E-state index is 0.0597. The van der Waals surface area contributed by atoms with Gasteiger partial charge in [0.2, 0.25) is 0 Å². The normalized spacial score (nSPS) is 12.4. The Morgan fingerprint density at radius 2 is 1.76 bits per heavy atom. The Balaban J connectivity index is 1.75. The second-order valence-electron chi connectivity index (χ2n) is 8.83. The van der Waals surface area contributed by atoms with Crippen molar-refractivity contribution in [3.63, 3.8) is 0 Å². The Morgan fingerprint density at radius 3 is 2.42 bits per heavy atom. The molecule has 10 heteroatoms. The predicted molar refractivity (Wildman–Crippen MR) is 148 cm³/mol. The number of phenols is 1. The molecular formula is C28H32F2N4O3S. The van der Waals surface area contributed by atoms with Crippen molar-refractivity contribution in [2.45, 2.75) is 38.5 Å². The average molecular weight is 543 g/mol. The number of benzene rings is 3. The predicted octanol–water partition coefficient (Wildman–Crippen LogP) is 4.03. The highest BCUT2D eigenvalue weighted by molar-refractivity contribution is 7.80. The molecular weight excluding hydrogens is 510 g/mol. The highest BCUT2D eigenvalue weighted by Gasteiger charge is 2.25. The number of anilines is 1. The Kier molecular flexibility index (Phi) is 10.5. The van der Waals surface area contributed by atoms with Crippen molar-refractivity contribution >= 4 is 29.0 Å². The molecule has 3 rings (SSSR count). The monoisotopic (exact) mass is 542 g/mol. The van der Waals surface area contributed by atoms with Gasteiger partial charge in [-0.25, -0.2) is 13.6 Å². The molecule has 0 heterocycles. The Labute approximate surface area is 226 Å². The maximum atomic E-state index is 13.7. The Morgan fingerprint density at radius 1 is 1.05 bits per heavy atom. The molecule has 0 fully saturated rings. The lowest BCUT2D eigenvalue weighted by molar-refractivity contribution is 0.0235. The number of aryl methyl sites for hydroxylation is 1. The lowest BCUT2D eigenvalue weighted by Crippen LogP contribution is -2.46. The summed E-state index contributed by atoms with van der Waals surface area (Å²) in [7, 11) is 1.65. The number of ether oxygens (including phenoxy) is 1. The largest absolute Gasteiger partial charge is 0.507 e. The molecule has 0 aliphatic rings. The summed E-state index contributed by atoms with van der Waals surface area (Å²) in [6, 6.07) is 14.8. The third-order valence-corrected chi connectivity index (χ3v) is 6.21. The summed E-state index contributed by atoms with van der Waals surface area (Å²) in [6.07, 6.45) is 0.106. The van der Waals surface area contributed by atoms with Gasteiger partial charge in [-0.2, -0.15) is 0 Å². The number of nitrogens with two attached hydrogens (primary N) is 1. The number of hydrogen-bond donors (Lipinski definition) is 5. The van der Waals surface area contributed by atoms with Gasteiger partial charge in [-0.15, -0.1) is 0 Å². The fraction of sp³-hybridized carbons (Fsp3) is 0.286. The van der Waals surface area contributed by atoms with Crippen molar-refractivity contribution in [3.8, 4) is 5.75 Å². The van der Waals surface area contributed by atoms with Crippen LogP contribution in [0.2, 0.25) is 0 Å². The zero-order chi connectivity index (χ0) is 27.7. The molecule has 7 nitrogen and oxygen atoms in total. The lowest BCUT2D eigenvalue weighted by atomic mass is 10.0. The first-order chi connectivity index (χ1) is 18.2. The van der Waals surface area contributed by atoms with Crippen molar-refractivity contribution in [2.75, 3.05) is 18.9 Å². The minimum atomic E-state index is -0.864. The van der Waals surface area contributed by atoms with Crippen LogP contribution in [0, 0.1) is 11.6 Å². The fourth-order valence-electron chi connectivity index (χ4n) is 3.91. The van der Waals surface area contributed by atoms with Crippen LogP contribution in [0.4, 0.5) is 14.5 Å². The number of thiocarbonyl (C=S) groups is 1. The van der Waals surface area contributed by atoms with Gasteiger partial charge in [0.15, 0.2) is 5.11 Å². The van der Waals surface area contributed by atoms with Crippen molar-refractivity contribution < 1.29 is 23.4 Å². The number of esters is 1. The molecule has 38 heavy (non-hydrogen) atoms. The van der Waals surface area contributed by atoms with E-state index >= 15 is 0 Å². The van der Waals surface area contributed by atoms with Crippen molar-refractivity contribution in [1.29, 1.82) is 0 Å². The summed E-state index contributed by atoms with van der Waals surface area (Å²) in [5.41, 5.74) is 9.39. The van der Waals surface area contributed by atoms with Crippen molar-refractivity contribution in [1.82, 2.24) is 10.6 Å². The Hall–Kier alpha value is -3.60. The maximum Gasteiger partial charge on any atom is 0.342 e. The quantitative estimate of drug-likeness (QED) is 0.183. The average Bonchev–Trinajstić information content (AvgIpc) is 2.87. The van der Waals surface area contributed by atoms with E-state index in [0.29, 0.717) is 22.9 Å². The zero-order valence-corrected chi connectivity index (χ0v) is 22.1. The fourth-order valence-corrected chi connectivity index (χ4v) is 4.03. The molecule has 3 aromatic rings. The number of aromatic hydroxyl groups is 1. The summed E-state index contributed by atoms with van der Waals surface area (Å²) < 4.78 is 33.1. The van der Waals surface area contributed by atoms with E-state index in [2.05, 4.69) is 28.9 Å². The van der Waals surface area contributed by atoms with Gasteiger partial charge in [0.05, 0.1) is 0 Å². The van der Waals surface area contributed by atoms with Crippen LogP contribution < -0.4 is 21.7 Å². The van der Waals surface area contributed by atoms with Gasteiger partial charge in [0, 0.05) is 44.0 Å². The highest BCUT2D eigenvalue weighted by Crippen LogP contribution is 2.24. The van der Waals surface area contributed by atoms with Crippen LogP contribution in [0.25, 0.3) is 0 Å². The molecule has 0 aliphatic heterocycles. The zero-order valence-electron chi connectivity index (χ0n) is 21.3. The van der Waals surface area contributed by atoms with Crippen LogP contribution in [-0.4, -0.2) is 41.9 Å². The van der Waals surface area contributed by atoms with E-state index in [4.69, 9.17) is 22.7 Å². The van der Waals surface area contributed by atoms with E-state index in [9.17, 15) is 18.7 Å². The van der Waals surface area contributed by atoms with E-state index in [-0.39, 0.29) is 24.3 Å². The third-order valence-electron chi connectivity index (χ3n) is 5.91. The van der Waals surface area contributed by atoms with E-state index in [0.717, 1.165) is 18.1 Å². The summed E-state index contributed by atoms with van der Waals surface area (Å²) in [5.74, 6) is -2.52. The lowest BCUT2D eigenvalue weighted by Gasteiger charge is -2.25. The van der Waals surface area contributed by atoms with E-state index < -0.39 is 29.7 Å². The first-order valence-corrected chi connectivity index (χ1v) is 12.6. The second kappa shape index (κ2) is 13.8. The third kappa shape index (κ3) is 8.47. The van der Waals surface area contributed by atoms with Crippen LogP contribution >= 0.6 is 12.2 Å². The minimum Gasteiger partial charge on any atom is -0.507 e. The SMILES string of the molecule is CCc1cccc(CNC[C@@H](OC(=O)c2ccc(NC(=S)NC)cc2O)[C@@H](N)Cc2cc(F)cc(F)c2)c1. The number of carbonyl (C=O) groups is 1. The van der Waals surface area contributed by atoms with Crippen LogP contribution in [-0.2, 0) is 24.1 Å². The van der Waals surface area contributed by atoms with Crippen LogP contribution in [0.3, 0.4) is 0 Å². The molecule has 3 aromatic carbocycles. The summed E-state index contributed by atoms with van der Waals surface area (Å²) >= 11 is 5.05. The number of rotatable bonds is 11. The number of hydrogen-bond acceptors (Lipinski definition) is 6. The summed E-state index contributed by atoms with van der Waals surface area (Å²) in [5, 5.41) is 19.6. The first kappa shape index (κ1) is 29.0. The molecule has 0 spiro atoms. The molecule has 0 radical (unpaired) electrons. The molecule has 0 aliphatic carbocycles. The Bertz CT molecular complexity index is 1250. The summed E-state index contributed by atoms with van der Waals surface area (Å²) in [6.45, 7) is 2.75. The van der Waals surface area contributed by atoms with Crippen LogP contribution in [0.5, 0.6) is 5.75 Å². The van der Waals surface area contributed by atoms with Crippen molar-refractivity contribution in [3.05, 3.63) is 94.6 Å². The molecule has 0 bridgehead atoms. The van der Waals surface area contributed by atoms with Crippen LogP contribution in [0.1, 0.15) is 34.0 Å². The number of halogens is 2. The molecule has 0 unspecified atom stereocenters. The van der Waals surface area contributed by atoms with Gasteiger partial charge in [-0.3, -0.25) is 0 Å². The van der Waals surface area contributed by atoms with Gasteiger partial charge in [0.25, 0.3) is 0 Å². The second-order valence-corrected chi connectivity index (χ2v) is 9.24. The maximum absolute atomic E-state index is 13.7. The highest BCUT2D eigenvalue weighted by atomic mass is 32.1. The molecule has 2 atom stereocenters. The number of carbonyl (C=O) groups excluding carboxylic acids is 1. The standard InChI is InChI=1S/C28H32F2N4O3S/c1-3-17-5-4-6-18(9-17)15-33-16-26(24(31)12-19-10-20(29)13-21(30)11-19)37-27(36)23-8-7-22(14-25(23)35)34-28(38)32-2/h4-11,13-14,24,26,33,35H,3,12,15-16,31H2,1-2H3,(H2,32,34,38)/t24-,26+/m0/s1. The van der Waals surface area contributed by atoms with Crippen LogP contribution in [0.15, 0.2) is 60.7 Å². The first-order valence-electron chi connectivity index (χ1n) is 12.2. The van der Waals surface area contributed by atoms with E-state index in [1.807, 2.05) is 18.2 Å². The number of nitrogens with one attached hydrogen (secondary N) is 3. The van der Waals surface area contributed by atoms with Gasteiger partial charge < -0.3 is 31.5 Å². The number of phenolic OH excluding ortho intramolecular Hbond substituents is 1. The molecule has 0 amide bonds. The van der Waals surface area contributed by atoms with Gasteiger partial charge >= 0.3 is 5.97 Å². The van der Waals surface area contributed by atoms with Gasteiger partial charge in [-0.05, 0) is 66.0 Å². The van der Waals surface area contributed by atoms with E-state index in [1.54, 1.807) is 13.1 Å².